The number of amides is 1. The first kappa shape index (κ1) is 20.3. The number of furan rings is 1. The number of aryl methyl sites for hydroxylation is 1. The van der Waals surface area contributed by atoms with Crippen molar-refractivity contribution in [3.63, 3.8) is 0 Å². The molecule has 0 saturated carbocycles. The monoisotopic (exact) mass is 419 g/mol. The highest BCUT2D eigenvalue weighted by atomic mass is 16.5. The van der Waals surface area contributed by atoms with Gasteiger partial charge in [-0.05, 0) is 43.3 Å². The summed E-state index contributed by atoms with van der Waals surface area (Å²) in [6, 6.07) is 16.1. The van der Waals surface area contributed by atoms with Crippen LogP contribution < -0.4 is 14.4 Å². The van der Waals surface area contributed by atoms with Crippen molar-refractivity contribution >= 4 is 23.1 Å². The topological polar surface area (TPSA) is 89.2 Å². The molecule has 0 aliphatic carbocycles. The van der Waals surface area contributed by atoms with Gasteiger partial charge in [0.1, 0.15) is 34.8 Å². The van der Waals surface area contributed by atoms with Crippen molar-refractivity contribution in [3.8, 4) is 11.5 Å². The van der Waals surface area contributed by atoms with Gasteiger partial charge >= 0.3 is 0 Å². The summed E-state index contributed by atoms with van der Waals surface area (Å²) in [6.45, 7) is 1.77. The van der Waals surface area contributed by atoms with Gasteiger partial charge in [-0.2, -0.15) is 0 Å². The fourth-order valence-electron chi connectivity index (χ4n) is 3.70. The SMILES string of the molecule is COc1ccc(/C(O)=C2/C(=O)C(=O)N(c3ccccc3)C2c2ccc(C)o2)c(OC)c1. The van der Waals surface area contributed by atoms with E-state index < -0.39 is 17.7 Å². The van der Waals surface area contributed by atoms with Crippen molar-refractivity contribution in [1.29, 1.82) is 0 Å². The first-order chi connectivity index (χ1) is 15.0. The molecular formula is C24H21NO6. The van der Waals surface area contributed by atoms with E-state index in [0.717, 1.165) is 0 Å². The van der Waals surface area contributed by atoms with Crippen LogP contribution in [-0.2, 0) is 9.59 Å². The molecule has 1 aliphatic heterocycles. The van der Waals surface area contributed by atoms with Gasteiger partial charge in [-0.25, -0.2) is 0 Å². The molecule has 0 radical (unpaired) electrons. The number of ketones is 1. The molecule has 0 spiro atoms. The van der Waals surface area contributed by atoms with E-state index in [2.05, 4.69) is 0 Å². The molecule has 1 atom stereocenters. The first-order valence-corrected chi connectivity index (χ1v) is 9.61. The van der Waals surface area contributed by atoms with Crippen molar-refractivity contribution in [2.45, 2.75) is 13.0 Å². The van der Waals surface area contributed by atoms with Crippen molar-refractivity contribution in [3.05, 3.63) is 83.3 Å². The third-order valence-electron chi connectivity index (χ3n) is 5.17. The zero-order valence-corrected chi connectivity index (χ0v) is 17.3. The molecule has 1 fully saturated rings. The standard InChI is InChI=1S/C24H21NO6/c1-14-9-12-18(31-14)21-20(22(26)17-11-10-16(29-2)13-19(17)30-3)23(27)24(28)25(21)15-7-5-4-6-8-15/h4-13,21,26H,1-3H3/b22-20-. The van der Waals surface area contributed by atoms with E-state index in [1.54, 1.807) is 61.5 Å². The molecule has 4 rings (SSSR count). The van der Waals surface area contributed by atoms with Crippen molar-refractivity contribution in [2.24, 2.45) is 0 Å². The molecule has 1 saturated heterocycles. The molecule has 1 aliphatic rings. The molecular weight excluding hydrogens is 398 g/mol. The van der Waals surface area contributed by atoms with E-state index in [0.29, 0.717) is 28.7 Å². The molecule has 2 aromatic carbocycles. The highest BCUT2D eigenvalue weighted by molar-refractivity contribution is 6.51. The molecule has 1 N–H and O–H groups in total. The van der Waals surface area contributed by atoms with Gasteiger partial charge in [-0.3, -0.25) is 14.5 Å². The quantitative estimate of drug-likeness (QED) is 0.378. The Morgan fingerprint density at radius 2 is 1.74 bits per heavy atom. The lowest BCUT2D eigenvalue weighted by Gasteiger charge is -2.23. The molecule has 1 aromatic heterocycles. The number of para-hydroxylation sites is 1. The summed E-state index contributed by atoms with van der Waals surface area (Å²) >= 11 is 0. The Hall–Kier alpha value is -4.00. The summed E-state index contributed by atoms with van der Waals surface area (Å²) in [5.74, 6) is -0.0911. The number of ether oxygens (including phenoxy) is 2. The molecule has 3 aromatic rings. The second kappa shape index (κ2) is 8.02. The molecule has 1 unspecified atom stereocenters. The summed E-state index contributed by atoms with van der Waals surface area (Å²) < 4.78 is 16.4. The van der Waals surface area contributed by atoms with Crippen LogP contribution in [0.1, 0.15) is 23.1 Å². The minimum Gasteiger partial charge on any atom is -0.507 e. The van der Waals surface area contributed by atoms with Crippen LogP contribution in [-0.4, -0.2) is 31.0 Å². The van der Waals surface area contributed by atoms with Crippen molar-refractivity contribution in [2.75, 3.05) is 19.1 Å². The molecule has 7 nitrogen and oxygen atoms in total. The zero-order chi connectivity index (χ0) is 22.1. The van der Waals surface area contributed by atoms with Crippen molar-refractivity contribution < 1.29 is 28.6 Å². The Labute approximate surface area is 179 Å². The summed E-state index contributed by atoms with van der Waals surface area (Å²) in [7, 11) is 2.96. The number of anilines is 1. The number of hydrogen-bond donors (Lipinski definition) is 1. The predicted molar refractivity (Wildman–Crippen MR) is 114 cm³/mol. The number of Topliss-reactive ketones (excluding diaryl/α,β-unsaturated/α-hetero) is 1. The van der Waals surface area contributed by atoms with Gasteiger partial charge in [0.25, 0.3) is 11.7 Å². The summed E-state index contributed by atoms with van der Waals surface area (Å²) in [5.41, 5.74) is 0.707. The lowest BCUT2D eigenvalue weighted by molar-refractivity contribution is -0.132. The number of benzene rings is 2. The van der Waals surface area contributed by atoms with Gasteiger partial charge in [0.2, 0.25) is 0 Å². The van der Waals surface area contributed by atoms with E-state index in [4.69, 9.17) is 13.9 Å². The van der Waals surface area contributed by atoms with Crippen LogP contribution >= 0.6 is 0 Å². The van der Waals surface area contributed by atoms with E-state index in [1.807, 2.05) is 6.07 Å². The highest BCUT2D eigenvalue weighted by Gasteiger charge is 2.48. The number of nitrogens with zero attached hydrogens (tertiary/aromatic N) is 1. The van der Waals surface area contributed by atoms with Crippen LogP contribution in [0.4, 0.5) is 5.69 Å². The number of hydrogen-bond acceptors (Lipinski definition) is 6. The molecule has 7 heteroatoms. The summed E-state index contributed by atoms with van der Waals surface area (Å²) in [5, 5.41) is 11.2. The van der Waals surface area contributed by atoms with Crippen LogP contribution in [0, 0.1) is 6.92 Å². The van der Waals surface area contributed by atoms with Crippen LogP contribution in [0.25, 0.3) is 5.76 Å². The second-order valence-electron chi connectivity index (χ2n) is 7.02. The van der Waals surface area contributed by atoms with Crippen LogP contribution in [0.2, 0.25) is 0 Å². The Morgan fingerprint density at radius 1 is 1.00 bits per heavy atom. The number of aliphatic hydroxyl groups is 1. The molecule has 2 heterocycles. The fraction of sp³-hybridized carbons (Fsp3) is 0.167. The number of aliphatic hydroxyl groups excluding tert-OH is 1. The van der Waals surface area contributed by atoms with Crippen molar-refractivity contribution in [1.82, 2.24) is 0 Å². The van der Waals surface area contributed by atoms with Crippen LogP contribution in [0.3, 0.4) is 0 Å². The molecule has 0 bridgehead atoms. The summed E-state index contributed by atoms with van der Waals surface area (Å²) in [6.07, 6.45) is 0. The van der Waals surface area contributed by atoms with E-state index in [9.17, 15) is 14.7 Å². The van der Waals surface area contributed by atoms with E-state index >= 15 is 0 Å². The van der Waals surface area contributed by atoms with E-state index in [1.165, 1.54) is 19.1 Å². The zero-order valence-electron chi connectivity index (χ0n) is 17.3. The molecule has 31 heavy (non-hydrogen) atoms. The number of carbonyl (C=O) groups is 2. The fourth-order valence-corrected chi connectivity index (χ4v) is 3.70. The van der Waals surface area contributed by atoms with Gasteiger partial charge in [-0.1, -0.05) is 18.2 Å². The highest BCUT2D eigenvalue weighted by Crippen LogP contribution is 2.43. The van der Waals surface area contributed by atoms with Crippen LogP contribution in [0.15, 0.2) is 70.7 Å². The largest absolute Gasteiger partial charge is 0.507 e. The Bertz CT molecular complexity index is 1180. The average Bonchev–Trinajstić information content (AvgIpc) is 3.34. The maximum atomic E-state index is 13.1. The van der Waals surface area contributed by atoms with E-state index in [-0.39, 0.29) is 16.9 Å². The molecule has 1 amide bonds. The van der Waals surface area contributed by atoms with Gasteiger partial charge in [0, 0.05) is 11.8 Å². The lowest BCUT2D eigenvalue weighted by atomic mass is 9.98. The number of methoxy groups -OCH3 is 2. The maximum Gasteiger partial charge on any atom is 0.300 e. The number of carbonyl (C=O) groups excluding carboxylic acids is 2. The normalized spacial score (nSPS) is 17.8. The Morgan fingerprint density at radius 3 is 2.35 bits per heavy atom. The first-order valence-electron chi connectivity index (χ1n) is 9.61. The third kappa shape index (κ3) is 3.44. The maximum absolute atomic E-state index is 13.1. The second-order valence-corrected chi connectivity index (χ2v) is 7.02. The Balaban J connectivity index is 1.95. The third-order valence-corrected chi connectivity index (χ3v) is 5.17. The minimum atomic E-state index is -0.928. The van der Waals surface area contributed by atoms with Gasteiger partial charge < -0.3 is 19.0 Å². The Kier molecular flexibility index (Phi) is 5.25. The lowest BCUT2D eigenvalue weighted by Crippen LogP contribution is -2.29. The van der Waals surface area contributed by atoms with Crippen LogP contribution in [0.5, 0.6) is 11.5 Å². The molecule has 158 valence electrons. The number of rotatable bonds is 5. The van der Waals surface area contributed by atoms with Gasteiger partial charge in [-0.15, -0.1) is 0 Å². The van der Waals surface area contributed by atoms with Gasteiger partial charge in [0.15, 0.2) is 0 Å². The minimum absolute atomic E-state index is 0.0772. The smallest absolute Gasteiger partial charge is 0.300 e. The van der Waals surface area contributed by atoms with Gasteiger partial charge in [0.05, 0.1) is 25.4 Å². The average molecular weight is 419 g/mol. The summed E-state index contributed by atoms with van der Waals surface area (Å²) in [4.78, 5) is 27.5. The predicted octanol–water partition coefficient (Wildman–Crippen LogP) is 4.23.